The van der Waals surface area contributed by atoms with Gasteiger partial charge in [-0.2, -0.15) is 0 Å². The van der Waals surface area contributed by atoms with Gasteiger partial charge in [-0.1, -0.05) is 0 Å². The van der Waals surface area contributed by atoms with E-state index in [1.54, 1.807) is 18.2 Å². The number of rotatable bonds is 8. The molecule has 0 bridgehead atoms. The minimum Gasteiger partial charge on any atom is -0.495 e. The molecule has 7 nitrogen and oxygen atoms in total. The fourth-order valence-electron chi connectivity index (χ4n) is 3.60. The standard InChI is InChI=1S/C21H27NO6S/c1-25-17-11-15-7-5-6-8-16(15)12-20(17)29(23,24)22-13-14-9-18(26-2)21(28-4)19(10-14)27-3/h9-12,22H,5-8,13H2,1-4H3. The highest BCUT2D eigenvalue weighted by molar-refractivity contribution is 7.89. The number of benzene rings is 2. The molecule has 0 saturated heterocycles. The van der Waals surface area contributed by atoms with Crippen LogP contribution in [0, 0.1) is 0 Å². The molecule has 0 fully saturated rings. The molecular weight excluding hydrogens is 394 g/mol. The number of sulfonamides is 1. The van der Waals surface area contributed by atoms with Gasteiger partial charge in [-0.15, -0.1) is 0 Å². The monoisotopic (exact) mass is 421 g/mol. The van der Waals surface area contributed by atoms with E-state index < -0.39 is 10.0 Å². The van der Waals surface area contributed by atoms with Crippen LogP contribution < -0.4 is 23.7 Å². The summed E-state index contributed by atoms with van der Waals surface area (Å²) in [6.07, 6.45) is 4.01. The second-order valence-corrected chi connectivity index (χ2v) is 8.57. The van der Waals surface area contributed by atoms with Crippen molar-refractivity contribution in [2.75, 3.05) is 28.4 Å². The van der Waals surface area contributed by atoms with E-state index in [9.17, 15) is 8.42 Å². The first-order valence-electron chi connectivity index (χ1n) is 9.41. The van der Waals surface area contributed by atoms with Gasteiger partial charge < -0.3 is 18.9 Å². The Morgan fingerprint density at radius 1 is 0.793 bits per heavy atom. The van der Waals surface area contributed by atoms with Crippen molar-refractivity contribution in [3.8, 4) is 23.0 Å². The van der Waals surface area contributed by atoms with E-state index in [1.807, 2.05) is 6.07 Å². The van der Waals surface area contributed by atoms with Crippen molar-refractivity contribution >= 4 is 10.0 Å². The minimum atomic E-state index is -3.78. The van der Waals surface area contributed by atoms with Crippen LogP contribution in [0.25, 0.3) is 0 Å². The maximum absolute atomic E-state index is 13.0. The van der Waals surface area contributed by atoms with E-state index in [2.05, 4.69) is 4.72 Å². The molecule has 0 aromatic heterocycles. The van der Waals surface area contributed by atoms with Crippen molar-refractivity contribution < 1.29 is 27.4 Å². The first-order chi connectivity index (χ1) is 13.9. The average molecular weight is 422 g/mol. The molecule has 0 amide bonds. The molecule has 0 atom stereocenters. The zero-order chi connectivity index (χ0) is 21.0. The topological polar surface area (TPSA) is 83.1 Å². The molecular formula is C21H27NO6S. The van der Waals surface area contributed by atoms with Crippen LogP contribution in [0.3, 0.4) is 0 Å². The van der Waals surface area contributed by atoms with Crippen LogP contribution in [0.2, 0.25) is 0 Å². The van der Waals surface area contributed by atoms with E-state index in [4.69, 9.17) is 18.9 Å². The summed E-state index contributed by atoms with van der Waals surface area (Å²) in [6, 6.07) is 7.02. The lowest BCUT2D eigenvalue weighted by Crippen LogP contribution is -2.24. The largest absolute Gasteiger partial charge is 0.495 e. The van der Waals surface area contributed by atoms with E-state index >= 15 is 0 Å². The lowest BCUT2D eigenvalue weighted by Gasteiger charge is -2.19. The van der Waals surface area contributed by atoms with Crippen LogP contribution in [0.5, 0.6) is 23.0 Å². The maximum Gasteiger partial charge on any atom is 0.244 e. The molecule has 0 aliphatic heterocycles. The van der Waals surface area contributed by atoms with E-state index in [-0.39, 0.29) is 11.4 Å². The molecule has 1 N–H and O–H groups in total. The van der Waals surface area contributed by atoms with Gasteiger partial charge in [0.1, 0.15) is 10.6 Å². The zero-order valence-corrected chi connectivity index (χ0v) is 18.0. The van der Waals surface area contributed by atoms with E-state index in [1.165, 1.54) is 28.4 Å². The molecule has 0 radical (unpaired) electrons. The fraction of sp³-hybridized carbons (Fsp3) is 0.429. The fourth-order valence-corrected chi connectivity index (χ4v) is 4.82. The highest BCUT2D eigenvalue weighted by atomic mass is 32.2. The number of hydrogen-bond donors (Lipinski definition) is 1. The predicted octanol–water partition coefficient (Wildman–Crippen LogP) is 3.08. The highest BCUT2D eigenvalue weighted by Gasteiger charge is 2.23. The van der Waals surface area contributed by atoms with Crippen molar-refractivity contribution in [1.29, 1.82) is 0 Å². The summed E-state index contributed by atoms with van der Waals surface area (Å²) in [5, 5.41) is 0. The Bertz CT molecular complexity index is 962. The molecule has 0 spiro atoms. The maximum atomic E-state index is 13.0. The summed E-state index contributed by atoms with van der Waals surface area (Å²) < 4.78 is 50.1. The van der Waals surface area contributed by atoms with Gasteiger partial charge in [0.2, 0.25) is 15.8 Å². The molecule has 3 rings (SSSR count). The Morgan fingerprint density at radius 2 is 1.34 bits per heavy atom. The van der Waals surface area contributed by atoms with Crippen LogP contribution in [-0.4, -0.2) is 36.9 Å². The van der Waals surface area contributed by atoms with Gasteiger partial charge in [-0.3, -0.25) is 0 Å². The lowest BCUT2D eigenvalue weighted by atomic mass is 9.92. The van der Waals surface area contributed by atoms with Crippen LogP contribution in [0.1, 0.15) is 29.5 Å². The number of ether oxygens (including phenoxy) is 4. The van der Waals surface area contributed by atoms with Crippen molar-refractivity contribution in [2.45, 2.75) is 37.1 Å². The van der Waals surface area contributed by atoms with Gasteiger partial charge in [0.25, 0.3) is 0 Å². The van der Waals surface area contributed by atoms with Gasteiger partial charge in [0.05, 0.1) is 28.4 Å². The summed E-state index contributed by atoms with van der Waals surface area (Å²) in [6.45, 7) is 0.0687. The summed E-state index contributed by atoms with van der Waals surface area (Å²) in [5.41, 5.74) is 2.92. The Morgan fingerprint density at radius 3 is 1.86 bits per heavy atom. The third-order valence-electron chi connectivity index (χ3n) is 5.11. The molecule has 2 aromatic carbocycles. The summed E-state index contributed by atoms with van der Waals surface area (Å²) >= 11 is 0. The van der Waals surface area contributed by atoms with Gasteiger partial charge >= 0.3 is 0 Å². The third-order valence-corrected chi connectivity index (χ3v) is 6.53. The van der Waals surface area contributed by atoms with Crippen LogP contribution in [0.4, 0.5) is 0 Å². The summed E-state index contributed by atoms with van der Waals surface area (Å²) in [5.74, 6) is 1.75. The number of fused-ring (bicyclic) bond motifs is 1. The summed E-state index contributed by atoms with van der Waals surface area (Å²) in [7, 11) is 2.26. The quantitative estimate of drug-likeness (QED) is 0.705. The minimum absolute atomic E-state index is 0.0687. The van der Waals surface area contributed by atoms with Crippen molar-refractivity contribution in [2.24, 2.45) is 0 Å². The number of aryl methyl sites for hydroxylation is 2. The second-order valence-electron chi connectivity index (χ2n) is 6.84. The third kappa shape index (κ3) is 4.43. The van der Waals surface area contributed by atoms with Crippen molar-refractivity contribution in [3.63, 3.8) is 0 Å². The molecule has 8 heteroatoms. The molecule has 0 saturated carbocycles. The van der Waals surface area contributed by atoms with Gasteiger partial charge in [-0.05, 0) is 66.6 Å². The highest BCUT2D eigenvalue weighted by Crippen LogP contribution is 2.38. The van der Waals surface area contributed by atoms with Gasteiger partial charge in [0.15, 0.2) is 11.5 Å². The Hall–Kier alpha value is -2.45. The molecule has 29 heavy (non-hydrogen) atoms. The zero-order valence-electron chi connectivity index (χ0n) is 17.2. The van der Waals surface area contributed by atoms with Gasteiger partial charge in [-0.25, -0.2) is 13.1 Å². The molecule has 0 heterocycles. The number of hydrogen-bond acceptors (Lipinski definition) is 6. The van der Waals surface area contributed by atoms with Crippen LogP contribution >= 0.6 is 0 Å². The smallest absolute Gasteiger partial charge is 0.244 e. The Kier molecular flexibility index (Phi) is 6.54. The molecule has 158 valence electrons. The van der Waals surface area contributed by atoms with Crippen LogP contribution in [0.15, 0.2) is 29.2 Å². The number of methoxy groups -OCH3 is 4. The Balaban J connectivity index is 1.89. The lowest BCUT2D eigenvalue weighted by molar-refractivity contribution is 0.323. The van der Waals surface area contributed by atoms with E-state index in [0.29, 0.717) is 28.6 Å². The average Bonchev–Trinajstić information content (AvgIpc) is 2.75. The van der Waals surface area contributed by atoms with Crippen LogP contribution in [-0.2, 0) is 29.4 Å². The predicted molar refractivity (Wildman–Crippen MR) is 110 cm³/mol. The number of nitrogens with one attached hydrogen (secondary N) is 1. The van der Waals surface area contributed by atoms with E-state index in [0.717, 1.165) is 36.8 Å². The molecule has 1 aliphatic carbocycles. The summed E-state index contributed by atoms with van der Waals surface area (Å²) in [4.78, 5) is 0.160. The molecule has 2 aromatic rings. The SMILES string of the molecule is COc1cc2c(cc1S(=O)(=O)NCc1cc(OC)c(OC)c(OC)c1)CCCC2. The second kappa shape index (κ2) is 8.92. The first-order valence-corrected chi connectivity index (χ1v) is 10.9. The normalized spacial score (nSPS) is 13.5. The first kappa shape index (κ1) is 21.3. The molecule has 1 aliphatic rings. The Labute approximate surface area is 172 Å². The van der Waals surface area contributed by atoms with Crippen molar-refractivity contribution in [1.82, 2.24) is 4.72 Å². The van der Waals surface area contributed by atoms with Gasteiger partial charge in [0, 0.05) is 6.54 Å². The molecule has 0 unspecified atom stereocenters. The van der Waals surface area contributed by atoms with Crippen molar-refractivity contribution in [3.05, 3.63) is 41.0 Å².